The lowest BCUT2D eigenvalue weighted by atomic mass is 10.2. The predicted molar refractivity (Wildman–Crippen MR) is 72.7 cm³/mol. The Bertz CT molecular complexity index is 579. The number of aromatic nitrogens is 2. The van der Waals surface area contributed by atoms with Gasteiger partial charge in [0.2, 0.25) is 5.91 Å². The highest BCUT2D eigenvalue weighted by Gasteiger charge is 2.02. The lowest BCUT2D eigenvalue weighted by Crippen LogP contribution is -2.07. The van der Waals surface area contributed by atoms with Crippen molar-refractivity contribution >= 4 is 41.0 Å². The van der Waals surface area contributed by atoms with Crippen LogP contribution in [0.3, 0.4) is 0 Å². The molecule has 1 aromatic carbocycles. The monoisotopic (exact) mass is 281 g/mol. The van der Waals surface area contributed by atoms with Gasteiger partial charge in [-0.3, -0.25) is 9.89 Å². The van der Waals surface area contributed by atoms with Crippen LogP contribution in [0.5, 0.6) is 0 Å². The van der Waals surface area contributed by atoms with Gasteiger partial charge in [0.25, 0.3) is 0 Å². The molecule has 4 nitrogen and oxygen atoms in total. The van der Waals surface area contributed by atoms with E-state index in [1.165, 1.54) is 6.08 Å². The lowest BCUT2D eigenvalue weighted by molar-refractivity contribution is -0.111. The number of nitrogens with zero attached hydrogens (tertiary/aromatic N) is 1. The Labute approximate surface area is 114 Å². The van der Waals surface area contributed by atoms with Gasteiger partial charge in [-0.15, -0.1) is 0 Å². The fourth-order valence-corrected chi connectivity index (χ4v) is 1.69. The lowest BCUT2D eigenvalue weighted by Gasteiger charge is -2.00. The van der Waals surface area contributed by atoms with Gasteiger partial charge in [0.05, 0.1) is 16.2 Å². The molecule has 0 aliphatic rings. The Hall–Kier alpha value is -1.78. The van der Waals surface area contributed by atoms with E-state index < -0.39 is 0 Å². The minimum Gasteiger partial charge on any atom is -0.307 e. The molecule has 0 saturated heterocycles. The standard InChI is InChI=1S/C12H9Cl2N3O/c13-9-3-1-2-8(12(9)14)4-5-11(18)16-10-6-7-15-17-10/h1-7H,(H2,15,16,17,18). The Morgan fingerprint density at radius 3 is 2.89 bits per heavy atom. The molecule has 0 spiro atoms. The number of hydrogen-bond donors (Lipinski definition) is 2. The number of nitrogens with one attached hydrogen (secondary N) is 2. The zero-order valence-electron chi connectivity index (χ0n) is 9.15. The fraction of sp³-hybridized carbons (Fsp3) is 0. The molecule has 2 rings (SSSR count). The maximum absolute atomic E-state index is 11.6. The Morgan fingerprint density at radius 1 is 1.33 bits per heavy atom. The second-order valence-electron chi connectivity index (χ2n) is 3.44. The number of amides is 1. The maximum atomic E-state index is 11.6. The van der Waals surface area contributed by atoms with Crippen LogP contribution in [-0.2, 0) is 4.79 Å². The van der Waals surface area contributed by atoms with Crippen LogP contribution in [0, 0.1) is 0 Å². The molecular formula is C12H9Cl2N3O. The second-order valence-corrected chi connectivity index (χ2v) is 4.22. The fourth-order valence-electron chi connectivity index (χ4n) is 1.31. The summed E-state index contributed by atoms with van der Waals surface area (Å²) in [5, 5.41) is 9.82. The molecule has 1 aromatic heterocycles. The number of anilines is 1. The zero-order chi connectivity index (χ0) is 13.0. The van der Waals surface area contributed by atoms with Gasteiger partial charge in [0, 0.05) is 12.1 Å². The summed E-state index contributed by atoms with van der Waals surface area (Å²) in [7, 11) is 0. The van der Waals surface area contributed by atoms with E-state index >= 15 is 0 Å². The second kappa shape index (κ2) is 5.71. The molecule has 0 saturated carbocycles. The highest BCUT2D eigenvalue weighted by Crippen LogP contribution is 2.26. The molecule has 0 aliphatic heterocycles. The van der Waals surface area contributed by atoms with E-state index in [1.54, 1.807) is 36.5 Å². The number of benzene rings is 1. The number of rotatable bonds is 3. The summed E-state index contributed by atoms with van der Waals surface area (Å²) in [5.74, 6) is 0.247. The summed E-state index contributed by atoms with van der Waals surface area (Å²) in [6.07, 6.45) is 4.52. The number of H-pyrrole nitrogens is 1. The van der Waals surface area contributed by atoms with Gasteiger partial charge < -0.3 is 5.32 Å². The first-order chi connectivity index (χ1) is 8.66. The Balaban J connectivity index is 2.06. The predicted octanol–water partition coefficient (Wildman–Crippen LogP) is 3.37. The molecule has 1 heterocycles. The summed E-state index contributed by atoms with van der Waals surface area (Å²) >= 11 is 11.9. The highest BCUT2D eigenvalue weighted by molar-refractivity contribution is 6.42. The minimum atomic E-state index is -0.282. The van der Waals surface area contributed by atoms with E-state index in [1.807, 2.05) is 0 Å². The van der Waals surface area contributed by atoms with Gasteiger partial charge in [-0.05, 0) is 17.7 Å². The van der Waals surface area contributed by atoms with Gasteiger partial charge in [0.15, 0.2) is 0 Å². The molecule has 18 heavy (non-hydrogen) atoms. The van der Waals surface area contributed by atoms with Crippen LogP contribution in [0.25, 0.3) is 6.08 Å². The maximum Gasteiger partial charge on any atom is 0.249 e. The van der Waals surface area contributed by atoms with Gasteiger partial charge in [-0.1, -0.05) is 35.3 Å². The molecule has 92 valence electrons. The third-order valence-electron chi connectivity index (χ3n) is 2.15. The number of carbonyl (C=O) groups is 1. The SMILES string of the molecule is O=C(C=Cc1cccc(Cl)c1Cl)Nc1ccn[nH]1. The smallest absolute Gasteiger partial charge is 0.249 e. The average molecular weight is 282 g/mol. The summed E-state index contributed by atoms with van der Waals surface area (Å²) in [5.41, 5.74) is 0.684. The van der Waals surface area contributed by atoms with Crippen LogP contribution in [0.15, 0.2) is 36.5 Å². The summed E-state index contributed by atoms with van der Waals surface area (Å²) in [6.45, 7) is 0. The molecular weight excluding hydrogens is 273 g/mol. The molecule has 0 unspecified atom stereocenters. The molecule has 0 aliphatic carbocycles. The summed E-state index contributed by atoms with van der Waals surface area (Å²) in [6, 6.07) is 6.87. The van der Waals surface area contributed by atoms with Crippen LogP contribution < -0.4 is 5.32 Å². The average Bonchev–Trinajstić information content (AvgIpc) is 2.84. The van der Waals surface area contributed by atoms with Crippen molar-refractivity contribution in [1.29, 1.82) is 0 Å². The van der Waals surface area contributed by atoms with E-state index in [2.05, 4.69) is 15.5 Å². The largest absolute Gasteiger partial charge is 0.307 e. The van der Waals surface area contributed by atoms with Crippen molar-refractivity contribution in [2.75, 3.05) is 5.32 Å². The molecule has 6 heteroatoms. The van der Waals surface area contributed by atoms with E-state index in [0.717, 1.165) is 0 Å². The highest BCUT2D eigenvalue weighted by atomic mass is 35.5. The quantitative estimate of drug-likeness (QED) is 0.848. The Kier molecular flexibility index (Phi) is 4.02. The molecule has 1 amide bonds. The third-order valence-corrected chi connectivity index (χ3v) is 2.99. The van der Waals surface area contributed by atoms with E-state index in [0.29, 0.717) is 21.4 Å². The van der Waals surface area contributed by atoms with Crippen LogP contribution in [0.2, 0.25) is 10.0 Å². The molecule has 0 radical (unpaired) electrons. The first-order valence-electron chi connectivity index (χ1n) is 5.09. The van der Waals surface area contributed by atoms with Crippen molar-refractivity contribution < 1.29 is 4.79 Å². The normalized spacial score (nSPS) is 10.8. The number of hydrogen-bond acceptors (Lipinski definition) is 2. The van der Waals surface area contributed by atoms with Crippen LogP contribution in [0.4, 0.5) is 5.82 Å². The molecule has 2 N–H and O–H groups in total. The van der Waals surface area contributed by atoms with Gasteiger partial charge in [0.1, 0.15) is 5.82 Å². The van der Waals surface area contributed by atoms with Crippen LogP contribution in [-0.4, -0.2) is 16.1 Å². The van der Waals surface area contributed by atoms with Crippen molar-refractivity contribution in [2.45, 2.75) is 0 Å². The van der Waals surface area contributed by atoms with E-state index in [4.69, 9.17) is 23.2 Å². The Morgan fingerprint density at radius 2 is 2.17 bits per heavy atom. The molecule has 0 fully saturated rings. The van der Waals surface area contributed by atoms with Crippen LogP contribution >= 0.6 is 23.2 Å². The number of halogens is 2. The third kappa shape index (κ3) is 3.12. The minimum absolute atomic E-state index is 0.282. The van der Waals surface area contributed by atoms with E-state index in [-0.39, 0.29) is 5.91 Å². The van der Waals surface area contributed by atoms with Crippen molar-refractivity contribution in [1.82, 2.24) is 10.2 Å². The van der Waals surface area contributed by atoms with Crippen molar-refractivity contribution in [2.24, 2.45) is 0 Å². The van der Waals surface area contributed by atoms with Gasteiger partial charge in [-0.25, -0.2) is 0 Å². The molecule has 2 aromatic rings. The topological polar surface area (TPSA) is 57.8 Å². The molecule has 0 atom stereocenters. The number of aromatic amines is 1. The zero-order valence-corrected chi connectivity index (χ0v) is 10.7. The van der Waals surface area contributed by atoms with Gasteiger partial charge in [-0.2, -0.15) is 5.10 Å². The van der Waals surface area contributed by atoms with Crippen LogP contribution in [0.1, 0.15) is 5.56 Å². The van der Waals surface area contributed by atoms with E-state index in [9.17, 15) is 4.79 Å². The molecule has 0 bridgehead atoms. The van der Waals surface area contributed by atoms with Crippen molar-refractivity contribution in [3.63, 3.8) is 0 Å². The van der Waals surface area contributed by atoms with Crippen molar-refractivity contribution in [3.05, 3.63) is 52.1 Å². The van der Waals surface area contributed by atoms with Gasteiger partial charge >= 0.3 is 0 Å². The first-order valence-corrected chi connectivity index (χ1v) is 5.85. The summed E-state index contributed by atoms with van der Waals surface area (Å²) < 4.78 is 0. The van der Waals surface area contributed by atoms with Crippen molar-refractivity contribution in [3.8, 4) is 0 Å². The first kappa shape index (κ1) is 12.7. The number of carbonyl (C=O) groups excluding carboxylic acids is 1. The summed E-state index contributed by atoms with van der Waals surface area (Å²) in [4.78, 5) is 11.6.